The van der Waals surface area contributed by atoms with Crippen LogP contribution in [0.15, 0.2) is 29.2 Å². The number of carbonyl (C=O) groups excluding carboxylic acids is 1. The summed E-state index contributed by atoms with van der Waals surface area (Å²) in [5.41, 5.74) is 0.988. The predicted octanol–water partition coefficient (Wildman–Crippen LogP) is 2.82. The number of amides is 1. The zero-order chi connectivity index (χ0) is 11.5. The highest BCUT2D eigenvalue weighted by Gasteiger charge is 2.21. The van der Waals surface area contributed by atoms with E-state index in [1.807, 2.05) is 30.3 Å². The molecule has 1 fully saturated rings. The molecule has 1 aliphatic rings. The molecule has 2 rings (SSSR count). The first-order valence-electron chi connectivity index (χ1n) is 4.58. The van der Waals surface area contributed by atoms with Crippen molar-refractivity contribution in [3.8, 4) is 5.75 Å². The fourth-order valence-electron chi connectivity index (χ4n) is 1.27. The fourth-order valence-corrected chi connectivity index (χ4v) is 2.31. The van der Waals surface area contributed by atoms with E-state index in [0.717, 1.165) is 28.0 Å². The molecular weight excluding hydrogens is 242 g/mol. The van der Waals surface area contributed by atoms with Crippen LogP contribution in [0.25, 0.3) is 6.08 Å². The molecule has 82 valence electrons. The summed E-state index contributed by atoms with van der Waals surface area (Å²) in [6, 6.07) is 7.56. The summed E-state index contributed by atoms with van der Waals surface area (Å²) in [6.45, 7) is 0. The predicted molar refractivity (Wildman–Crippen MR) is 69.7 cm³/mol. The molecule has 5 heteroatoms. The molecule has 1 aromatic rings. The van der Waals surface area contributed by atoms with Crippen molar-refractivity contribution in [2.24, 2.45) is 0 Å². The van der Waals surface area contributed by atoms with Crippen LogP contribution in [-0.4, -0.2) is 17.3 Å². The molecule has 1 N–H and O–H groups in total. The Morgan fingerprint density at radius 3 is 2.56 bits per heavy atom. The molecule has 1 aromatic carbocycles. The van der Waals surface area contributed by atoms with E-state index in [2.05, 4.69) is 5.32 Å². The fraction of sp³-hybridized carbons (Fsp3) is 0.0909. The quantitative estimate of drug-likeness (QED) is 0.648. The van der Waals surface area contributed by atoms with Gasteiger partial charge in [0.25, 0.3) is 5.24 Å². The van der Waals surface area contributed by atoms with Gasteiger partial charge in [-0.05, 0) is 35.5 Å². The maximum absolute atomic E-state index is 11.1. The molecule has 0 unspecified atom stereocenters. The van der Waals surface area contributed by atoms with Crippen LogP contribution >= 0.6 is 24.0 Å². The first-order chi connectivity index (χ1) is 7.69. The monoisotopic (exact) mass is 251 g/mol. The molecule has 0 atom stereocenters. The van der Waals surface area contributed by atoms with Crippen molar-refractivity contribution in [1.82, 2.24) is 5.32 Å². The zero-order valence-corrected chi connectivity index (χ0v) is 10.2. The third kappa shape index (κ3) is 2.43. The van der Waals surface area contributed by atoms with Gasteiger partial charge in [-0.1, -0.05) is 24.4 Å². The van der Waals surface area contributed by atoms with Crippen molar-refractivity contribution in [2.45, 2.75) is 0 Å². The van der Waals surface area contributed by atoms with E-state index in [9.17, 15) is 4.79 Å². The molecule has 1 aliphatic heterocycles. The van der Waals surface area contributed by atoms with Crippen LogP contribution in [0.2, 0.25) is 0 Å². The van der Waals surface area contributed by atoms with Gasteiger partial charge in [0, 0.05) is 0 Å². The summed E-state index contributed by atoms with van der Waals surface area (Å²) in [7, 11) is 1.62. The van der Waals surface area contributed by atoms with E-state index in [-0.39, 0.29) is 5.24 Å². The lowest BCUT2D eigenvalue weighted by Gasteiger charge is -2.00. The van der Waals surface area contributed by atoms with Crippen molar-refractivity contribution in [1.29, 1.82) is 0 Å². The molecule has 3 nitrogen and oxygen atoms in total. The van der Waals surface area contributed by atoms with Gasteiger partial charge >= 0.3 is 0 Å². The lowest BCUT2D eigenvalue weighted by molar-refractivity contribution is 0.265. The minimum Gasteiger partial charge on any atom is -0.497 e. The van der Waals surface area contributed by atoms with Crippen LogP contribution in [0.4, 0.5) is 4.79 Å². The normalized spacial score (nSPS) is 17.7. The number of carbonyl (C=O) groups is 1. The largest absolute Gasteiger partial charge is 0.497 e. The Hall–Kier alpha value is -1.33. The second-order valence-electron chi connectivity index (χ2n) is 3.13. The molecule has 0 bridgehead atoms. The topological polar surface area (TPSA) is 38.3 Å². The zero-order valence-electron chi connectivity index (χ0n) is 8.52. The van der Waals surface area contributed by atoms with Gasteiger partial charge in [-0.2, -0.15) is 0 Å². The lowest BCUT2D eigenvalue weighted by atomic mass is 10.2. The van der Waals surface area contributed by atoms with Crippen molar-refractivity contribution in [2.75, 3.05) is 7.11 Å². The van der Waals surface area contributed by atoms with Crippen LogP contribution in [-0.2, 0) is 0 Å². The minimum absolute atomic E-state index is 0.121. The van der Waals surface area contributed by atoms with Crippen LogP contribution in [0.3, 0.4) is 0 Å². The van der Waals surface area contributed by atoms with E-state index < -0.39 is 0 Å². The summed E-state index contributed by atoms with van der Waals surface area (Å²) in [5.74, 6) is 0.804. The third-order valence-corrected chi connectivity index (χ3v) is 3.34. The van der Waals surface area contributed by atoms with E-state index in [1.54, 1.807) is 7.11 Å². The number of thioether (sulfide) groups is 1. The number of hydrogen-bond acceptors (Lipinski definition) is 4. The second kappa shape index (κ2) is 4.67. The number of ether oxygens (including phenoxy) is 1. The van der Waals surface area contributed by atoms with Gasteiger partial charge < -0.3 is 10.1 Å². The maximum Gasteiger partial charge on any atom is 0.289 e. The number of methoxy groups -OCH3 is 1. The van der Waals surface area contributed by atoms with Crippen molar-refractivity contribution in [3.63, 3.8) is 0 Å². The number of rotatable bonds is 2. The molecule has 0 radical (unpaired) electrons. The average molecular weight is 251 g/mol. The number of benzene rings is 1. The standard InChI is InChI=1S/C11H9NO2S2/c1-14-8-4-2-7(3-5-8)6-9-10(15)12-11(13)16-9/h2-6H,1H3,(H,12,13,15). The summed E-state index contributed by atoms with van der Waals surface area (Å²) in [6.07, 6.45) is 1.88. The Kier molecular flexibility index (Phi) is 3.26. The summed E-state index contributed by atoms with van der Waals surface area (Å²) >= 11 is 6.14. The van der Waals surface area contributed by atoms with Crippen molar-refractivity contribution < 1.29 is 9.53 Å². The van der Waals surface area contributed by atoms with Gasteiger partial charge in [0.1, 0.15) is 10.7 Å². The second-order valence-corrected chi connectivity index (χ2v) is 4.55. The van der Waals surface area contributed by atoms with Gasteiger partial charge in [0.15, 0.2) is 0 Å². The van der Waals surface area contributed by atoms with Crippen LogP contribution in [0.1, 0.15) is 5.56 Å². The van der Waals surface area contributed by atoms with Crippen LogP contribution < -0.4 is 10.1 Å². The SMILES string of the molecule is COc1ccc(C=C2SC(=O)NC2=S)cc1. The van der Waals surface area contributed by atoms with Crippen LogP contribution in [0, 0.1) is 0 Å². The maximum atomic E-state index is 11.1. The molecule has 0 saturated carbocycles. The van der Waals surface area contributed by atoms with Crippen LogP contribution in [0.5, 0.6) is 5.75 Å². The van der Waals surface area contributed by atoms with E-state index in [4.69, 9.17) is 17.0 Å². The van der Waals surface area contributed by atoms with Gasteiger partial charge in [-0.25, -0.2) is 0 Å². The molecule has 0 aromatic heterocycles. The first kappa shape index (κ1) is 11.2. The number of thiocarbonyl (C=S) groups is 1. The number of nitrogens with one attached hydrogen (secondary N) is 1. The number of hydrogen-bond donors (Lipinski definition) is 1. The van der Waals surface area contributed by atoms with E-state index in [0.29, 0.717) is 4.99 Å². The summed E-state index contributed by atoms with van der Waals surface area (Å²) < 4.78 is 5.06. The van der Waals surface area contributed by atoms with Crippen molar-refractivity contribution >= 4 is 40.3 Å². The molecular formula is C11H9NO2S2. The first-order valence-corrected chi connectivity index (χ1v) is 5.80. The molecule has 1 saturated heterocycles. The van der Waals surface area contributed by atoms with E-state index >= 15 is 0 Å². The molecule has 16 heavy (non-hydrogen) atoms. The Morgan fingerprint density at radius 1 is 1.38 bits per heavy atom. The smallest absolute Gasteiger partial charge is 0.289 e. The van der Waals surface area contributed by atoms with Gasteiger partial charge in [0.2, 0.25) is 0 Å². The van der Waals surface area contributed by atoms with Gasteiger partial charge in [-0.15, -0.1) is 0 Å². The molecule has 0 spiro atoms. The van der Waals surface area contributed by atoms with Gasteiger partial charge in [0.05, 0.1) is 12.0 Å². The summed E-state index contributed by atoms with van der Waals surface area (Å²) in [4.78, 5) is 12.3. The molecule has 1 heterocycles. The Bertz CT molecular complexity index is 465. The third-order valence-electron chi connectivity index (χ3n) is 2.06. The Balaban J connectivity index is 2.22. The highest BCUT2D eigenvalue weighted by Crippen LogP contribution is 2.26. The van der Waals surface area contributed by atoms with Crippen molar-refractivity contribution in [3.05, 3.63) is 34.7 Å². The minimum atomic E-state index is -0.121. The molecule has 1 amide bonds. The van der Waals surface area contributed by atoms with E-state index in [1.165, 1.54) is 0 Å². The Morgan fingerprint density at radius 2 is 2.06 bits per heavy atom. The highest BCUT2D eigenvalue weighted by molar-refractivity contribution is 8.19. The van der Waals surface area contributed by atoms with Gasteiger partial charge in [-0.3, -0.25) is 4.79 Å². The molecule has 0 aliphatic carbocycles. The Labute approximate surface area is 103 Å². The summed E-state index contributed by atoms with van der Waals surface area (Å²) in [5, 5.41) is 2.45. The average Bonchev–Trinajstić information content (AvgIpc) is 2.59. The highest BCUT2D eigenvalue weighted by atomic mass is 32.2. The lowest BCUT2D eigenvalue weighted by Crippen LogP contribution is -2.15.